The van der Waals surface area contributed by atoms with Crippen LogP contribution in [0.1, 0.15) is 16.7 Å². The van der Waals surface area contributed by atoms with E-state index < -0.39 is 0 Å². The lowest BCUT2D eigenvalue weighted by Crippen LogP contribution is -1.98. The predicted octanol–water partition coefficient (Wildman–Crippen LogP) is 3.35. The number of rotatable bonds is 1. The van der Waals surface area contributed by atoms with Crippen molar-refractivity contribution in [2.24, 2.45) is 0 Å². The molecule has 0 amide bonds. The van der Waals surface area contributed by atoms with Crippen LogP contribution in [0.5, 0.6) is 0 Å². The lowest BCUT2D eigenvalue weighted by atomic mass is 10.1. The fraction of sp³-hybridized carbons (Fsp3) is 0.200. The largest absolute Gasteiger partial charge is 0.150 e. The SMILES string of the molecule is Cc1ccc(-n2nc3c(C)ccc(C)c3n2)cc1. The normalized spacial score (nSPS) is 11.1. The summed E-state index contributed by atoms with van der Waals surface area (Å²) in [4.78, 5) is 1.71. The quantitative estimate of drug-likeness (QED) is 0.650. The van der Waals surface area contributed by atoms with E-state index in [1.807, 2.05) is 12.1 Å². The molecule has 0 fully saturated rings. The summed E-state index contributed by atoms with van der Waals surface area (Å²) < 4.78 is 0. The molecule has 0 aliphatic rings. The maximum atomic E-state index is 4.58. The maximum Gasteiger partial charge on any atom is 0.116 e. The van der Waals surface area contributed by atoms with Crippen molar-refractivity contribution in [1.29, 1.82) is 0 Å². The molecule has 0 atom stereocenters. The van der Waals surface area contributed by atoms with E-state index in [-0.39, 0.29) is 0 Å². The number of benzene rings is 2. The Kier molecular flexibility index (Phi) is 2.40. The molecule has 0 radical (unpaired) electrons. The molecular weight excluding hydrogens is 222 g/mol. The van der Waals surface area contributed by atoms with E-state index in [0.29, 0.717) is 0 Å². The zero-order valence-corrected chi connectivity index (χ0v) is 10.8. The van der Waals surface area contributed by atoms with Crippen LogP contribution in [-0.4, -0.2) is 15.0 Å². The zero-order valence-electron chi connectivity index (χ0n) is 10.8. The standard InChI is InChI=1S/C15H15N3/c1-10-4-8-13(9-5-10)18-16-14-11(2)6-7-12(3)15(14)17-18/h4-9H,1-3H3. The van der Waals surface area contributed by atoms with Gasteiger partial charge in [0, 0.05) is 0 Å². The van der Waals surface area contributed by atoms with Crippen LogP contribution in [0, 0.1) is 20.8 Å². The second kappa shape index (κ2) is 3.95. The van der Waals surface area contributed by atoms with Crippen LogP contribution >= 0.6 is 0 Å². The molecule has 0 saturated carbocycles. The molecule has 0 saturated heterocycles. The van der Waals surface area contributed by atoms with Crippen molar-refractivity contribution in [2.75, 3.05) is 0 Å². The monoisotopic (exact) mass is 237 g/mol. The Morgan fingerprint density at radius 1 is 0.722 bits per heavy atom. The lowest BCUT2D eigenvalue weighted by molar-refractivity contribution is 0.764. The lowest BCUT2D eigenvalue weighted by Gasteiger charge is -1.98. The first-order chi connectivity index (χ1) is 8.65. The van der Waals surface area contributed by atoms with Gasteiger partial charge in [0.2, 0.25) is 0 Å². The van der Waals surface area contributed by atoms with Gasteiger partial charge in [-0.05, 0) is 44.0 Å². The average Bonchev–Trinajstić information content (AvgIpc) is 2.81. The molecule has 3 aromatic rings. The van der Waals surface area contributed by atoms with Crippen molar-refractivity contribution in [1.82, 2.24) is 15.0 Å². The van der Waals surface area contributed by atoms with Gasteiger partial charge < -0.3 is 0 Å². The van der Waals surface area contributed by atoms with Crippen LogP contribution in [0.3, 0.4) is 0 Å². The van der Waals surface area contributed by atoms with Crippen LogP contribution in [0.25, 0.3) is 16.7 Å². The van der Waals surface area contributed by atoms with Crippen LogP contribution in [0.4, 0.5) is 0 Å². The summed E-state index contributed by atoms with van der Waals surface area (Å²) in [6.45, 7) is 6.21. The van der Waals surface area contributed by atoms with Gasteiger partial charge in [-0.25, -0.2) is 0 Å². The third-order valence-corrected chi connectivity index (χ3v) is 3.21. The Morgan fingerprint density at radius 3 is 1.72 bits per heavy atom. The van der Waals surface area contributed by atoms with Crippen molar-refractivity contribution >= 4 is 11.0 Å². The van der Waals surface area contributed by atoms with E-state index in [1.54, 1.807) is 4.80 Å². The van der Waals surface area contributed by atoms with Crippen molar-refractivity contribution in [3.05, 3.63) is 53.1 Å². The number of aryl methyl sites for hydroxylation is 3. The highest BCUT2D eigenvalue weighted by molar-refractivity contribution is 5.80. The van der Waals surface area contributed by atoms with Crippen molar-refractivity contribution in [3.63, 3.8) is 0 Å². The van der Waals surface area contributed by atoms with Gasteiger partial charge in [-0.15, -0.1) is 10.2 Å². The van der Waals surface area contributed by atoms with Gasteiger partial charge in [0.05, 0.1) is 5.69 Å². The van der Waals surface area contributed by atoms with Gasteiger partial charge in [0.1, 0.15) is 11.0 Å². The van der Waals surface area contributed by atoms with E-state index in [9.17, 15) is 0 Å². The number of hydrogen-bond donors (Lipinski definition) is 0. The first kappa shape index (κ1) is 11.0. The highest BCUT2D eigenvalue weighted by Gasteiger charge is 2.08. The molecule has 18 heavy (non-hydrogen) atoms. The molecule has 90 valence electrons. The Hall–Kier alpha value is -2.16. The van der Waals surface area contributed by atoms with Gasteiger partial charge in [-0.2, -0.15) is 4.80 Å². The van der Waals surface area contributed by atoms with Crippen molar-refractivity contribution < 1.29 is 0 Å². The third kappa shape index (κ3) is 1.68. The van der Waals surface area contributed by atoms with Crippen LogP contribution in [0.15, 0.2) is 36.4 Å². The summed E-state index contributed by atoms with van der Waals surface area (Å²) >= 11 is 0. The first-order valence-corrected chi connectivity index (χ1v) is 6.05. The molecule has 0 aliphatic heterocycles. The minimum Gasteiger partial charge on any atom is -0.150 e. The molecule has 3 nitrogen and oxygen atoms in total. The number of aromatic nitrogens is 3. The topological polar surface area (TPSA) is 30.7 Å². The molecular formula is C15H15N3. The number of fused-ring (bicyclic) bond motifs is 1. The summed E-state index contributed by atoms with van der Waals surface area (Å²) in [7, 11) is 0. The summed E-state index contributed by atoms with van der Waals surface area (Å²) in [6.07, 6.45) is 0. The molecule has 0 bridgehead atoms. The summed E-state index contributed by atoms with van der Waals surface area (Å²) in [5, 5.41) is 9.16. The van der Waals surface area contributed by atoms with Crippen molar-refractivity contribution in [2.45, 2.75) is 20.8 Å². The van der Waals surface area contributed by atoms with E-state index in [1.165, 1.54) is 5.56 Å². The molecule has 0 N–H and O–H groups in total. The second-order valence-corrected chi connectivity index (χ2v) is 4.72. The minimum absolute atomic E-state index is 0.982. The molecule has 1 heterocycles. The molecule has 2 aromatic carbocycles. The van der Waals surface area contributed by atoms with E-state index >= 15 is 0 Å². The van der Waals surface area contributed by atoms with Gasteiger partial charge in [-0.3, -0.25) is 0 Å². The number of hydrogen-bond acceptors (Lipinski definition) is 2. The summed E-state index contributed by atoms with van der Waals surface area (Å²) in [6, 6.07) is 12.4. The van der Waals surface area contributed by atoms with E-state index in [2.05, 4.69) is 55.2 Å². The fourth-order valence-electron chi connectivity index (χ4n) is 2.04. The van der Waals surface area contributed by atoms with Gasteiger partial charge >= 0.3 is 0 Å². The Balaban J connectivity index is 2.22. The first-order valence-electron chi connectivity index (χ1n) is 6.05. The summed E-state index contributed by atoms with van der Waals surface area (Å²) in [5.74, 6) is 0. The average molecular weight is 237 g/mol. The van der Waals surface area contributed by atoms with Gasteiger partial charge in [0.15, 0.2) is 0 Å². The third-order valence-electron chi connectivity index (χ3n) is 3.21. The van der Waals surface area contributed by atoms with E-state index in [4.69, 9.17) is 0 Å². The van der Waals surface area contributed by atoms with Gasteiger partial charge in [0.25, 0.3) is 0 Å². The molecule has 0 spiro atoms. The zero-order chi connectivity index (χ0) is 12.7. The second-order valence-electron chi connectivity index (χ2n) is 4.72. The van der Waals surface area contributed by atoms with Crippen molar-refractivity contribution in [3.8, 4) is 5.69 Å². The Bertz CT molecular complexity index is 669. The Morgan fingerprint density at radius 2 is 1.22 bits per heavy atom. The molecule has 0 unspecified atom stereocenters. The maximum absolute atomic E-state index is 4.58. The van der Waals surface area contributed by atoms with Crippen LogP contribution < -0.4 is 0 Å². The molecule has 3 rings (SSSR count). The molecule has 1 aromatic heterocycles. The highest BCUT2D eigenvalue weighted by atomic mass is 15.5. The predicted molar refractivity (Wildman–Crippen MR) is 73.1 cm³/mol. The molecule has 3 heteroatoms. The van der Waals surface area contributed by atoms with Crippen LogP contribution in [-0.2, 0) is 0 Å². The highest BCUT2D eigenvalue weighted by Crippen LogP contribution is 2.19. The number of nitrogens with zero attached hydrogens (tertiary/aromatic N) is 3. The van der Waals surface area contributed by atoms with Crippen LogP contribution in [0.2, 0.25) is 0 Å². The van der Waals surface area contributed by atoms with E-state index in [0.717, 1.165) is 27.8 Å². The Labute approximate surface area is 106 Å². The fourth-order valence-corrected chi connectivity index (χ4v) is 2.04. The smallest absolute Gasteiger partial charge is 0.116 e. The minimum atomic E-state index is 0.982. The van der Waals surface area contributed by atoms with Gasteiger partial charge in [-0.1, -0.05) is 29.8 Å². The molecule has 0 aliphatic carbocycles. The summed E-state index contributed by atoms with van der Waals surface area (Å²) in [5.41, 5.74) is 6.52.